The van der Waals surface area contributed by atoms with E-state index in [9.17, 15) is 0 Å². The van der Waals surface area contributed by atoms with Gasteiger partial charge in [-0.25, -0.2) is 9.97 Å². The molecule has 0 saturated heterocycles. The van der Waals surface area contributed by atoms with Gasteiger partial charge in [-0.05, 0) is 6.92 Å². The first kappa shape index (κ1) is 7.28. The van der Waals surface area contributed by atoms with Gasteiger partial charge in [-0.2, -0.15) is 0 Å². The van der Waals surface area contributed by atoms with E-state index in [1.807, 2.05) is 6.92 Å². The van der Waals surface area contributed by atoms with Crippen molar-refractivity contribution in [3.63, 3.8) is 0 Å². The Morgan fingerprint density at radius 1 is 1.60 bits per heavy atom. The first-order valence-corrected chi connectivity index (χ1v) is 3.42. The number of nitrogens with two attached hydrogens (primary N) is 1. The van der Waals surface area contributed by atoms with Crippen LogP contribution in [-0.4, -0.2) is 9.97 Å². The zero-order valence-electron chi connectivity index (χ0n) is 5.63. The van der Waals surface area contributed by atoms with Gasteiger partial charge in [-0.15, -0.1) is 11.6 Å². The second kappa shape index (κ2) is 2.84. The molecule has 0 saturated carbocycles. The van der Waals surface area contributed by atoms with Gasteiger partial charge in [0, 0.05) is 11.8 Å². The number of halogens is 1. The predicted octanol–water partition coefficient (Wildman–Crippen LogP) is 1.11. The zero-order chi connectivity index (χ0) is 7.56. The molecule has 10 heavy (non-hydrogen) atoms. The van der Waals surface area contributed by atoms with Gasteiger partial charge in [0.15, 0.2) is 0 Å². The van der Waals surface area contributed by atoms with Crippen LogP contribution in [0.3, 0.4) is 0 Å². The lowest BCUT2D eigenvalue weighted by atomic mass is 10.4. The molecule has 1 aromatic heterocycles. The molecule has 0 spiro atoms. The van der Waals surface area contributed by atoms with Crippen molar-refractivity contribution in [1.82, 2.24) is 9.97 Å². The van der Waals surface area contributed by atoms with Crippen LogP contribution in [0.25, 0.3) is 0 Å². The van der Waals surface area contributed by atoms with E-state index in [1.54, 1.807) is 6.07 Å². The second-order valence-corrected chi connectivity index (χ2v) is 2.25. The quantitative estimate of drug-likeness (QED) is 0.622. The van der Waals surface area contributed by atoms with Gasteiger partial charge < -0.3 is 5.73 Å². The van der Waals surface area contributed by atoms with Crippen LogP contribution in [0.1, 0.15) is 11.5 Å². The molecule has 0 amide bonds. The van der Waals surface area contributed by atoms with Crippen molar-refractivity contribution in [1.29, 1.82) is 0 Å². The Hall–Kier alpha value is -0.830. The Balaban J connectivity index is 3.06. The summed E-state index contributed by atoms with van der Waals surface area (Å²) in [6.45, 7) is 1.86. The summed E-state index contributed by atoms with van der Waals surface area (Å²) in [5, 5.41) is 0. The van der Waals surface area contributed by atoms with Crippen molar-refractivity contribution in [3.05, 3.63) is 17.6 Å². The van der Waals surface area contributed by atoms with Crippen molar-refractivity contribution in [2.75, 3.05) is 5.73 Å². The first-order valence-electron chi connectivity index (χ1n) is 2.88. The molecule has 0 bridgehead atoms. The molecule has 0 aromatic carbocycles. The Kier molecular flexibility index (Phi) is 2.06. The Morgan fingerprint density at radius 2 is 2.30 bits per heavy atom. The molecule has 4 heteroatoms. The molecule has 0 radical (unpaired) electrons. The fraction of sp³-hybridized carbons (Fsp3) is 0.333. The molecule has 0 aliphatic rings. The summed E-state index contributed by atoms with van der Waals surface area (Å²) in [5.41, 5.74) is 6.28. The minimum atomic E-state index is 0.311. The average Bonchev–Trinajstić information content (AvgIpc) is 1.85. The van der Waals surface area contributed by atoms with Gasteiger partial charge in [-0.1, -0.05) is 0 Å². The van der Waals surface area contributed by atoms with E-state index >= 15 is 0 Å². The van der Waals surface area contributed by atoms with Gasteiger partial charge in [0.2, 0.25) is 0 Å². The van der Waals surface area contributed by atoms with Crippen molar-refractivity contribution in [2.45, 2.75) is 12.8 Å². The molecule has 0 atom stereocenters. The number of aromatic nitrogens is 2. The molecule has 0 fully saturated rings. The Bertz CT molecular complexity index is 216. The summed E-state index contributed by atoms with van der Waals surface area (Å²) >= 11 is 5.49. The minimum Gasteiger partial charge on any atom is -0.384 e. The predicted molar refractivity (Wildman–Crippen MR) is 40.7 cm³/mol. The molecule has 3 nitrogen and oxygen atoms in total. The number of aryl methyl sites for hydroxylation is 1. The van der Waals surface area contributed by atoms with E-state index in [4.69, 9.17) is 17.3 Å². The van der Waals surface area contributed by atoms with Gasteiger partial charge in [0.05, 0.1) is 5.88 Å². The molecule has 0 aliphatic carbocycles. The third-order valence-electron chi connectivity index (χ3n) is 1.04. The number of hydrogen-bond donors (Lipinski definition) is 1. The summed E-state index contributed by atoms with van der Waals surface area (Å²) in [5.74, 6) is 1.37. The lowest BCUT2D eigenvalue weighted by molar-refractivity contribution is 1.000. The maximum atomic E-state index is 5.49. The Labute approximate surface area is 64.2 Å². The maximum absolute atomic E-state index is 5.49. The summed E-state index contributed by atoms with van der Waals surface area (Å²) in [4.78, 5) is 7.92. The van der Waals surface area contributed by atoms with E-state index < -0.39 is 0 Å². The van der Waals surface area contributed by atoms with Crippen molar-refractivity contribution in [3.8, 4) is 0 Å². The maximum Gasteiger partial charge on any atom is 0.145 e. The van der Waals surface area contributed by atoms with Crippen molar-refractivity contribution in [2.24, 2.45) is 0 Å². The van der Waals surface area contributed by atoms with Gasteiger partial charge in [0.25, 0.3) is 0 Å². The summed E-state index contributed by atoms with van der Waals surface area (Å²) in [6, 6.07) is 1.70. The molecule has 0 aliphatic heterocycles. The van der Waals surface area contributed by atoms with Crippen LogP contribution in [-0.2, 0) is 5.88 Å². The number of anilines is 1. The summed E-state index contributed by atoms with van der Waals surface area (Å²) < 4.78 is 0. The standard InChI is InChI=1S/C6H8ClN3/c1-4-2-5(8)10-6(3-7)9-4/h2H,3H2,1H3,(H2,8,9,10). The third-order valence-corrected chi connectivity index (χ3v) is 1.28. The van der Waals surface area contributed by atoms with Gasteiger partial charge in [-0.3, -0.25) is 0 Å². The van der Waals surface area contributed by atoms with E-state index in [1.165, 1.54) is 0 Å². The number of rotatable bonds is 1. The van der Waals surface area contributed by atoms with E-state index in [0.717, 1.165) is 5.69 Å². The van der Waals surface area contributed by atoms with Crippen LogP contribution in [0.2, 0.25) is 0 Å². The van der Waals surface area contributed by atoms with Gasteiger partial charge >= 0.3 is 0 Å². The molecule has 1 aromatic rings. The van der Waals surface area contributed by atoms with E-state index in [0.29, 0.717) is 17.5 Å². The molecule has 2 N–H and O–H groups in total. The highest BCUT2D eigenvalue weighted by molar-refractivity contribution is 6.16. The van der Waals surface area contributed by atoms with Crippen molar-refractivity contribution >= 4 is 17.4 Å². The molecular formula is C6H8ClN3. The van der Waals surface area contributed by atoms with Crippen molar-refractivity contribution < 1.29 is 0 Å². The fourth-order valence-electron chi connectivity index (χ4n) is 0.716. The lowest BCUT2D eigenvalue weighted by Crippen LogP contribution is -1.98. The largest absolute Gasteiger partial charge is 0.384 e. The minimum absolute atomic E-state index is 0.311. The van der Waals surface area contributed by atoms with Crippen LogP contribution >= 0.6 is 11.6 Å². The molecule has 54 valence electrons. The van der Waals surface area contributed by atoms with E-state index in [2.05, 4.69) is 9.97 Å². The van der Waals surface area contributed by atoms with Crippen LogP contribution in [0.15, 0.2) is 6.07 Å². The molecule has 0 unspecified atom stereocenters. The lowest BCUT2D eigenvalue weighted by Gasteiger charge is -1.97. The first-order chi connectivity index (χ1) is 4.72. The van der Waals surface area contributed by atoms with Crippen LogP contribution in [0.5, 0.6) is 0 Å². The average molecular weight is 158 g/mol. The van der Waals surface area contributed by atoms with Crippen LogP contribution in [0.4, 0.5) is 5.82 Å². The SMILES string of the molecule is Cc1cc(N)nc(CCl)n1. The monoisotopic (exact) mass is 157 g/mol. The van der Waals surface area contributed by atoms with Gasteiger partial charge in [0.1, 0.15) is 11.6 Å². The number of hydrogen-bond acceptors (Lipinski definition) is 3. The highest BCUT2D eigenvalue weighted by Gasteiger charge is 1.95. The number of alkyl halides is 1. The highest BCUT2D eigenvalue weighted by Crippen LogP contribution is 2.02. The topological polar surface area (TPSA) is 51.8 Å². The van der Waals surface area contributed by atoms with Crippen LogP contribution < -0.4 is 5.73 Å². The second-order valence-electron chi connectivity index (χ2n) is 1.98. The fourth-order valence-corrected chi connectivity index (χ4v) is 0.835. The zero-order valence-corrected chi connectivity index (χ0v) is 6.39. The normalized spacial score (nSPS) is 9.80. The summed E-state index contributed by atoms with van der Waals surface area (Å²) in [6.07, 6.45) is 0. The smallest absolute Gasteiger partial charge is 0.145 e. The van der Waals surface area contributed by atoms with E-state index in [-0.39, 0.29) is 0 Å². The molecule has 1 heterocycles. The highest BCUT2D eigenvalue weighted by atomic mass is 35.5. The Morgan fingerprint density at radius 3 is 2.80 bits per heavy atom. The molecule has 1 rings (SSSR count). The summed E-state index contributed by atoms with van der Waals surface area (Å²) in [7, 11) is 0. The molecular weight excluding hydrogens is 150 g/mol. The number of nitrogens with zero attached hydrogens (tertiary/aromatic N) is 2. The van der Waals surface area contributed by atoms with Crippen LogP contribution in [0, 0.1) is 6.92 Å². The third kappa shape index (κ3) is 1.57. The number of nitrogen functional groups attached to an aromatic ring is 1.